The molecule has 0 aromatic heterocycles. The SMILES string of the molecule is CCCCN(C)C(=O)C1(COC)CCNCC1. The van der Waals surface area contributed by atoms with Crippen LogP contribution in [-0.4, -0.2) is 51.2 Å². The van der Waals surface area contributed by atoms with Crippen LogP contribution in [-0.2, 0) is 9.53 Å². The maximum Gasteiger partial charge on any atom is 0.230 e. The monoisotopic (exact) mass is 242 g/mol. The van der Waals surface area contributed by atoms with Crippen LogP contribution >= 0.6 is 0 Å². The van der Waals surface area contributed by atoms with Gasteiger partial charge in [-0.3, -0.25) is 4.79 Å². The highest BCUT2D eigenvalue weighted by atomic mass is 16.5. The molecule has 1 aliphatic heterocycles. The number of piperidine rings is 1. The van der Waals surface area contributed by atoms with Crippen molar-refractivity contribution in [2.75, 3.05) is 40.4 Å². The summed E-state index contributed by atoms with van der Waals surface area (Å²) < 4.78 is 5.29. The van der Waals surface area contributed by atoms with E-state index >= 15 is 0 Å². The number of hydrogen-bond acceptors (Lipinski definition) is 3. The molecular formula is C13H26N2O2. The third-order valence-electron chi connectivity index (χ3n) is 3.63. The van der Waals surface area contributed by atoms with Crippen molar-refractivity contribution in [3.05, 3.63) is 0 Å². The smallest absolute Gasteiger partial charge is 0.230 e. The summed E-state index contributed by atoms with van der Waals surface area (Å²) in [6.45, 7) is 5.37. The zero-order valence-corrected chi connectivity index (χ0v) is 11.4. The van der Waals surface area contributed by atoms with E-state index in [4.69, 9.17) is 4.74 Å². The second-order valence-corrected chi connectivity index (χ2v) is 5.04. The first-order valence-electron chi connectivity index (χ1n) is 6.61. The average Bonchev–Trinajstić information content (AvgIpc) is 2.36. The van der Waals surface area contributed by atoms with Gasteiger partial charge in [0.15, 0.2) is 0 Å². The van der Waals surface area contributed by atoms with Crippen molar-refractivity contribution >= 4 is 5.91 Å². The van der Waals surface area contributed by atoms with Crippen LogP contribution in [0.3, 0.4) is 0 Å². The van der Waals surface area contributed by atoms with Gasteiger partial charge in [0, 0.05) is 20.7 Å². The van der Waals surface area contributed by atoms with Crippen LogP contribution in [0.5, 0.6) is 0 Å². The predicted molar refractivity (Wildman–Crippen MR) is 69.0 cm³/mol. The molecule has 1 heterocycles. The maximum atomic E-state index is 12.5. The minimum Gasteiger partial charge on any atom is -0.384 e. The van der Waals surface area contributed by atoms with E-state index in [0.29, 0.717) is 6.61 Å². The third-order valence-corrected chi connectivity index (χ3v) is 3.63. The van der Waals surface area contributed by atoms with Crippen LogP contribution in [0.2, 0.25) is 0 Å². The Balaban J connectivity index is 2.65. The molecule has 0 aliphatic carbocycles. The van der Waals surface area contributed by atoms with Gasteiger partial charge in [-0.25, -0.2) is 0 Å². The number of unbranched alkanes of at least 4 members (excludes halogenated alkanes) is 1. The summed E-state index contributed by atoms with van der Waals surface area (Å²) in [4.78, 5) is 14.4. The first-order valence-corrected chi connectivity index (χ1v) is 6.61. The number of amides is 1. The van der Waals surface area contributed by atoms with Gasteiger partial charge < -0.3 is 15.0 Å². The van der Waals surface area contributed by atoms with E-state index in [2.05, 4.69) is 12.2 Å². The number of nitrogens with zero attached hydrogens (tertiary/aromatic N) is 1. The topological polar surface area (TPSA) is 41.6 Å². The Kier molecular flexibility index (Phi) is 5.92. The highest BCUT2D eigenvalue weighted by molar-refractivity contribution is 5.82. The Hall–Kier alpha value is -0.610. The van der Waals surface area contributed by atoms with Gasteiger partial charge in [0.25, 0.3) is 0 Å². The molecule has 0 atom stereocenters. The fourth-order valence-corrected chi connectivity index (χ4v) is 2.50. The van der Waals surface area contributed by atoms with Crippen LogP contribution in [0.1, 0.15) is 32.6 Å². The van der Waals surface area contributed by atoms with Gasteiger partial charge in [-0.05, 0) is 32.4 Å². The zero-order chi connectivity index (χ0) is 12.7. The van der Waals surface area contributed by atoms with Crippen LogP contribution in [0.25, 0.3) is 0 Å². The fourth-order valence-electron chi connectivity index (χ4n) is 2.50. The van der Waals surface area contributed by atoms with Crippen LogP contribution in [0.4, 0.5) is 0 Å². The van der Waals surface area contributed by atoms with E-state index in [-0.39, 0.29) is 11.3 Å². The van der Waals surface area contributed by atoms with Crippen molar-refractivity contribution in [3.8, 4) is 0 Å². The van der Waals surface area contributed by atoms with Gasteiger partial charge in [0.2, 0.25) is 5.91 Å². The molecule has 0 spiro atoms. The van der Waals surface area contributed by atoms with Crippen molar-refractivity contribution in [3.63, 3.8) is 0 Å². The normalized spacial score (nSPS) is 19.0. The fraction of sp³-hybridized carbons (Fsp3) is 0.923. The molecular weight excluding hydrogens is 216 g/mol. The van der Waals surface area contributed by atoms with Gasteiger partial charge in [-0.2, -0.15) is 0 Å². The highest BCUT2D eigenvalue weighted by Gasteiger charge is 2.41. The number of ether oxygens (including phenoxy) is 1. The highest BCUT2D eigenvalue weighted by Crippen LogP contribution is 2.31. The molecule has 17 heavy (non-hydrogen) atoms. The van der Waals surface area contributed by atoms with Crippen molar-refractivity contribution in [2.24, 2.45) is 5.41 Å². The second-order valence-electron chi connectivity index (χ2n) is 5.04. The maximum absolute atomic E-state index is 12.5. The van der Waals surface area contributed by atoms with E-state index < -0.39 is 0 Å². The minimum absolute atomic E-state index is 0.259. The average molecular weight is 242 g/mol. The van der Waals surface area contributed by atoms with Crippen LogP contribution in [0.15, 0.2) is 0 Å². The van der Waals surface area contributed by atoms with Gasteiger partial charge in [-0.15, -0.1) is 0 Å². The molecule has 1 aliphatic rings. The lowest BCUT2D eigenvalue weighted by Crippen LogP contribution is -2.50. The Morgan fingerprint density at radius 1 is 1.41 bits per heavy atom. The van der Waals surface area contributed by atoms with Crippen LogP contribution < -0.4 is 5.32 Å². The molecule has 0 saturated carbocycles. The molecule has 0 unspecified atom stereocenters. The number of rotatable bonds is 6. The summed E-state index contributed by atoms with van der Waals surface area (Å²) in [6.07, 6.45) is 3.96. The number of carbonyl (C=O) groups is 1. The van der Waals surface area contributed by atoms with Gasteiger partial charge in [0.05, 0.1) is 12.0 Å². The second kappa shape index (κ2) is 6.97. The van der Waals surface area contributed by atoms with E-state index in [1.54, 1.807) is 7.11 Å². The first-order chi connectivity index (χ1) is 8.16. The molecule has 1 fully saturated rings. The van der Waals surface area contributed by atoms with Crippen LogP contribution in [0, 0.1) is 5.41 Å². The zero-order valence-electron chi connectivity index (χ0n) is 11.4. The van der Waals surface area contributed by atoms with Crippen molar-refractivity contribution < 1.29 is 9.53 Å². The molecule has 1 amide bonds. The first kappa shape index (κ1) is 14.5. The number of hydrogen-bond donors (Lipinski definition) is 1. The van der Waals surface area contributed by atoms with E-state index in [1.165, 1.54) is 0 Å². The molecule has 1 saturated heterocycles. The predicted octanol–water partition coefficient (Wildman–Crippen LogP) is 1.26. The Morgan fingerprint density at radius 3 is 2.59 bits per heavy atom. The lowest BCUT2D eigenvalue weighted by atomic mass is 9.78. The van der Waals surface area contributed by atoms with E-state index in [1.807, 2.05) is 11.9 Å². The Morgan fingerprint density at radius 2 is 2.06 bits per heavy atom. The van der Waals surface area contributed by atoms with Gasteiger partial charge in [-0.1, -0.05) is 13.3 Å². The standard InChI is InChI=1S/C13H26N2O2/c1-4-5-10-15(2)12(16)13(11-17-3)6-8-14-9-7-13/h14H,4-11H2,1-3H3. The molecule has 100 valence electrons. The van der Waals surface area contributed by atoms with Crippen molar-refractivity contribution in [1.29, 1.82) is 0 Å². The lowest BCUT2D eigenvalue weighted by Gasteiger charge is -2.38. The van der Waals surface area contributed by atoms with Crippen molar-refractivity contribution in [2.45, 2.75) is 32.6 Å². The lowest BCUT2D eigenvalue weighted by molar-refractivity contribution is -0.146. The summed E-state index contributed by atoms with van der Waals surface area (Å²) in [5, 5.41) is 3.31. The quantitative estimate of drug-likeness (QED) is 0.762. The molecule has 1 N–H and O–H groups in total. The Labute approximate surface area is 105 Å². The van der Waals surface area contributed by atoms with Gasteiger partial charge in [0.1, 0.15) is 0 Å². The molecule has 0 aromatic carbocycles. The summed E-state index contributed by atoms with van der Waals surface area (Å²) in [5.74, 6) is 0.259. The molecule has 1 rings (SSSR count). The largest absolute Gasteiger partial charge is 0.384 e. The van der Waals surface area contributed by atoms with E-state index in [9.17, 15) is 4.79 Å². The van der Waals surface area contributed by atoms with Gasteiger partial charge >= 0.3 is 0 Å². The molecule has 0 aromatic rings. The summed E-state index contributed by atoms with van der Waals surface area (Å²) >= 11 is 0. The Bertz CT molecular complexity index is 232. The number of methoxy groups -OCH3 is 1. The third kappa shape index (κ3) is 3.68. The molecule has 0 radical (unpaired) electrons. The molecule has 0 bridgehead atoms. The molecule has 4 nitrogen and oxygen atoms in total. The summed E-state index contributed by atoms with van der Waals surface area (Å²) in [7, 11) is 3.60. The molecule has 4 heteroatoms. The van der Waals surface area contributed by atoms with E-state index in [0.717, 1.165) is 45.3 Å². The summed E-state index contributed by atoms with van der Waals surface area (Å²) in [5.41, 5.74) is -0.289. The number of carbonyl (C=O) groups excluding carboxylic acids is 1. The number of nitrogens with one attached hydrogen (secondary N) is 1. The summed E-state index contributed by atoms with van der Waals surface area (Å²) in [6, 6.07) is 0. The minimum atomic E-state index is -0.289. The van der Waals surface area contributed by atoms with Crippen molar-refractivity contribution in [1.82, 2.24) is 10.2 Å².